The molecular weight excluding hydrogens is 228 g/mol. The third-order valence-corrected chi connectivity index (χ3v) is 2.66. The molecule has 0 amide bonds. The molecule has 0 fully saturated rings. The zero-order chi connectivity index (χ0) is 13.5. The lowest BCUT2D eigenvalue weighted by atomic mass is 10.1. The maximum Gasteiger partial charge on any atom is 0.328 e. The molecule has 1 heterocycles. The molecule has 0 saturated carbocycles. The van der Waals surface area contributed by atoms with Crippen molar-refractivity contribution in [2.45, 2.75) is 40.2 Å². The number of hydrogen-bond donors (Lipinski definition) is 1. The van der Waals surface area contributed by atoms with Crippen LogP contribution in [0.4, 0.5) is 0 Å². The summed E-state index contributed by atoms with van der Waals surface area (Å²) in [4.78, 5) is 25.4. The van der Waals surface area contributed by atoms with Crippen molar-refractivity contribution in [3.63, 3.8) is 0 Å². The van der Waals surface area contributed by atoms with E-state index in [1.54, 1.807) is 0 Å². The molecular formula is C14H20N2O2. The Labute approximate surface area is 107 Å². The lowest BCUT2D eigenvalue weighted by Gasteiger charge is -2.02. The molecule has 0 aliphatic heterocycles. The second-order valence-corrected chi connectivity index (χ2v) is 4.60. The van der Waals surface area contributed by atoms with Gasteiger partial charge in [-0.25, -0.2) is 4.79 Å². The average Bonchev–Trinajstić information content (AvgIpc) is 2.27. The van der Waals surface area contributed by atoms with E-state index >= 15 is 0 Å². The smallest absolute Gasteiger partial charge is 0.314 e. The average molecular weight is 248 g/mol. The largest absolute Gasteiger partial charge is 0.328 e. The van der Waals surface area contributed by atoms with Crippen molar-refractivity contribution in [2.75, 3.05) is 0 Å². The Morgan fingerprint density at radius 1 is 1.28 bits per heavy atom. The summed E-state index contributed by atoms with van der Waals surface area (Å²) in [7, 11) is 0. The van der Waals surface area contributed by atoms with Gasteiger partial charge in [-0.3, -0.25) is 9.36 Å². The van der Waals surface area contributed by atoms with E-state index in [1.807, 2.05) is 13.0 Å². The molecule has 1 aromatic heterocycles. The van der Waals surface area contributed by atoms with E-state index in [1.165, 1.54) is 28.0 Å². The van der Waals surface area contributed by atoms with Crippen LogP contribution in [0.25, 0.3) is 0 Å². The third-order valence-electron chi connectivity index (χ3n) is 2.66. The topological polar surface area (TPSA) is 54.9 Å². The summed E-state index contributed by atoms with van der Waals surface area (Å²) >= 11 is 0. The molecule has 0 unspecified atom stereocenters. The maximum atomic E-state index is 11.5. The predicted octanol–water partition coefficient (Wildman–Crippen LogP) is 2.23. The number of nitrogens with one attached hydrogen (secondary N) is 1. The lowest BCUT2D eigenvalue weighted by Crippen LogP contribution is -2.33. The molecule has 0 aliphatic rings. The van der Waals surface area contributed by atoms with Crippen LogP contribution in [0, 0.1) is 0 Å². The Kier molecular flexibility index (Phi) is 5.36. The minimum Gasteiger partial charge on any atom is -0.314 e. The molecule has 0 atom stereocenters. The van der Waals surface area contributed by atoms with E-state index in [0.717, 1.165) is 12.8 Å². The zero-order valence-electron chi connectivity index (χ0n) is 11.2. The second kappa shape index (κ2) is 6.79. The van der Waals surface area contributed by atoms with Crippen LogP contribution in [0.2, 0.25) is 0 Å². The van der Waals surface area contributed by atoms with Crippen LogP contribution >= 0.6 is 0 Å². The number of aromatic nitrogens is 2. The van der Waals surface area contributed by atoms with Gasteiger partial charge in [0, 0.05) is 18.8 Å². The molecule has 1 aromatic rings. The fourth-order valence-electron chi connectivity index (χ4n) is 1.56. The van der Waals surface area contributed by atoms with Gasteiger partial charge in [-0.1, -0.05) is 23.3 Å². The highest BCUT2D eigenvalue weighted by Crippen LogP contribution is 2.06. The lowest BCUT2D eigenvalue weighted by molar-refractivity contribution is 0.707. The Morgan fingerprint density at radius 2 is 2.00 bits per heavy atom. The summed E-state index contributed by atoms with van der Waals surface area (Å²) in [5.41, 5.74) is 1.85. The van der Waals surface area contributed by atoms with E-state index in [2.05, 4.69) is 24.9 Å². The van der Waals surface area contributed by atoms with Crippen molar-refractivity contribution in [3.05, 3.63) is 56.4 Å². The first kappa shape index (κ1) is 14.2. The maximum absolute atomic E-state index is 11.5. The Bertz CT molecular complexity index is 529. The van der Waals surface area contributed by atoms with Gasteiger partial charge in [0.1, 0.15) is 0 Å². The fraction of sp³-hybridized carbons (Fsp3) is 0.429. The predicted molar refractivity (Wildman–Crippen MR) is 73.7 cm³/mol. The second-order valence-electron chi connectivity index (χ2n) is 4.60. The molecule has 0 aromatic carbocycles. The highest BCUT2D eigenvalue weighted by molar-refractivity contribution is 5.02. The molecule has 1 N–H and O–H groups in total. The Balaban J connectivity index is 2.66. The van der Waals surface area contributed by atoms with E-state index in [9.17, 15) is 9.59 Å². The summed E-state index contributed by atoms with van der Waals surface area (Å²) in [5, 5.41) is 0. The molecule has 1 rings (SSSR count). The van der Waals surface area contributed by atoms with Crippen molar-refractivity contribution in [2.24, 2.45) is 0 Å². The van der Waals surface area contributed by atoms with Gasteiger partial charge < -0.3 is 4.98 Å². The molecule has 0 radical (unpaired) electrons. The van der Waals surface area contributed by atoms with Crippen molar-refractivity contribution in [3.8, 4) is 0 Å². The number of allylic oxidation sites excluding steroid dienone is 4. The summed E-state index contributed by atoms with van der Waals surface area (Å²) in [6.07, 6.45) is 7.41. The summed E-state index contributed by atoms with van der Waals surface area (Å²) < 4.78 is 1.18. The first-order chi connectivity index (χ1) is 8.50. The number of H-pyrrole nitrogens is 1. The van der Waals surface area contributed by atoms with Crippen LogP contribution in [0.5, 0.6) is 0 Å². The first-order valence-electron chi connectivity index (χ1n) is 6.08. The SMILES string of the molecule is CC(C)=CCCC(C)=CCn1c(=O)cc[nH]c1=O. The van der Waals surface area contributed by atoms with Crippen LogP contribution in [0.3, 0.4) is 0 Å². The number of hydrogen-bond acceptors (Lipinski definition) is 2. The van der Waals surface area contributed by atoms with Crippen molar-refractivity contribution < 1.29 is 0 Å². The van der Waals surface area contributed by atoms with Crippen LogP contribution in [-0.4, -0.2) is 9.55 Å². The molecule has 0 saturated heterocycles. The standard InChI is InChI=1S/C14H20N2O2/c1-11(2)5-4-6-12(3)8-10-16-13(17)7-9-15-14(16)18/h5,7-9H,4,6,10H2,1-3H3,(H,15,18). The molecule has 4 nitrogen and oxygen atoms in total. The quantitative estimate of drug-likeness (QED) is 0.812. The normalized spacial score (nSPS) is 11.4. The van der Waals surface area contributed by atoms with Gasteiger partial charge in [0.25, 0.3) is 5.56 Å². The molecule has 0 spiro atoms. The summed E-state index contributed by atoms with van der Waals surface area (Å²) in [5.74, 6) is 0. The van der Waals surface area contributed by atoms with Crippen LogP contribution in [0.15, 0.2) is 45.2 Å². The Hall–Kier alpha value is -1.84. The van der Waals surface area contributed by atoms with Crippen LogP contribution < -0.4 is 11.2 Å². The van der Waals surface area contributed by atoms with Crippen molar-refractivity contribution >= 4 is 0 Å². The van der Waals surface area contributed by atoms with Crippen molar-refractivity contribution in [1.82, 2.24) is 9.55 Å². The van der Waals surface area contributed by atoms with Gasteiger partial charge in [-0.15, -0.1) is 0 Å². The first-order valence-corrected chi connectivity index (χ1v) is 6.08. The van der Waals surface area contributed by atoms with Gasteiger partial charge in [0.15, 0.2) is 0 Å². The molecule has 0 aliphatic carbocycles. The minimum atomic E-state index is -0.365. The number of nitrogens with zero attached hydrogens (tertiary/aromatic N) is 1. The minimum absolute atomic E-state index is 0.271. The van der Waals surface area contributed by atoms with Crippen LogP contribution in [0.1, 0.15) is 33.6 Å². The van der Waals surface area contributed by atoms with Gasteiger partial charge >= 0.3 is 5.69 Å². The number of rotatable bonds is 5. The monoisotopic (exact) mass is 248 g/mol. The van der Waals surface area contributed by atoms with E-state index in [-0.39, 0.29) is 11.2 Å². The summed E-state index contributed by atoms with van der Waals surface area (Å²) in [6, 6.07) is 1.35. The van der Waals surface area contributed by atoms with E-state index < -0.39 is 0 Å². The molecule has 18 heavy (non-hydrogen) atoms. The van der Waals surface area contributed by atoms with Crippen LogP contribution in [-0.2, 0) is 6.54 Å². The molecule has 4 heteroatoms. The molecule has 98 valence electrons. The molecule has 0 bridgehead atoms. The fourth-order valence-corrected chi connectivity index (χ4v) is 1.56. The van der Waals surface area contributed by atoms with Gasteiger partial charge in [0.2, 0.25) is 0 Å². The van der Waals surface area contributed by atoms with E-state index in [0.29, 0.717) is 6.54 Å². The Morgan fingerprint density at radius 3 is 2.61 bits per heavy atom. The highest BCUT2D eigenvalue weighted by atomic mass is 16.2. The van der Waals surface area contributed by atoms with Crippen molar-refractivity contribution in [1.29, 1.82) is 0 Å². The third kappa shape index (κ3) is 4.57. The zero-order valence-corrected chi connectivity index (χ0v) is 11.2. The summed E-state index contributed by atoms with van der Waals surface area (Å²) in [6.45, 7) is 6.49. The highest BCUT2D eigenvalue weighted by Gasteiger charge is 1.97. The van der Waals surface area contributed by atoms with Gasteiger partial charge in [0.05, 0.1) is 0 Å². The number of aromatic amines is 1. The van der Waals surface area contributed by atoms with E-state index in [4.69, 9.17) is 0 Å². The van der Waals surface area contributed by atoms with Gasteiger partial charge in [-0.2, -0.15) is 0 Å². The van der Waals surface area contributed by atoms with Gasteiger partial charge in [-0.05, 0) is 33.6 Å².